The number of hydrogen-bond acceptors (Lipinski definition) is 8. The lowest BCUT2D eigenvalue weighted by molar-refractivity contribution is -0.144. The maximum Gasteiger partial charge on any atom is 0.469 e. The number of carbonyl (C=O) groups excluding carboxylic acids is 5. The minimum atomic E-state index is -5.13. The van der Waals surface area contributed by atoms with Crippen molar-refractivity contribution >= 4 is 54.1 Å². The minimum absolute atomic E-state index is 0.000418. The molecule has 3 aromatic rings. The van der Waals surface area contributed by atoms with Gasteiger partial charge in [-0.3, -0.25) is 28.5 Å². The first-order valence-corrected chi connectivity index (χ1v) is 19.0. The molecule has 0 saturated carbocycles. The zero-order chi connectivity index (χ0) is 39.6. The van der Waals surface area contributed by atoms with Gasteiger partial charge in [0.1, 0.15) is 30.2 Å². The smallest absolute Gasteiger partial charge is 0.469 e. The van der Waals surface area contributed by atoms with E-state index in [1.807, 2.05) is 36.4 Å². The average Bonchev–Trinajstić information content (AvgIpc) is 3.61. The Morgan fingerprint density at radius 1 is 0.796 bits per heavy atom. The Balaban J connectivity index is 1.50. The number of likely N-dealkylation sites (tertiary alicyclic amines) is 1. The topological polar surface area (TPSA) is 241 Å². The molecule has 1 aliphatic heterocycles. The molecule has 0 radical (unpaired) electrons. The second-order valence-electron chi connectivity index (χ2n) is 13.5. The third-order valence-electron chi connectivity index (χ3n) is 8.95. The number of carbonyl (C=O) groups is 6. The number of aliphatic carboxylic acids is 1. The minimum Gasteiger partial charge on any atom is -0.480 e. The van der Waals surface area contributed by atoms with E-state index < -0.39 is 86.1 Å². The summed E-state index contributed by atoms with van der Waals surface area (Å²) in [6.45, 7) is 3.59. The van der Waals surface area contributed by atoms with Gasteiger partial charge in [-0.1, -0.05) is 86.6 Å². The number of nitrogens with zero attached hydrogens (tertiary/aromatic N) is 1. The molecule has 7 N–H and O–H groups in total. The van der Waals surface area contributed by atoms with Crippen molar-refractivity contribution in [3.05, 3.63) is 83.9 Å². The van der Waals surface area contributed by atoms with E-state index in [2.05, 4.69) is 25.8 Å². The predicted molar refractivity (Wildman–Crippen MR) is 196 cm³/mol. The van der Waals surface area contributed by atoms with Crippen molar-refractivity contribution in [2.24, 2.45) is 5.92 Å². The van der Waals surface area contributed by atoms with Gasteiger partial charge in [-0.05, 0) is 40.7 Å². The van der Waals surface area contributed by atoms with Crippen LogP contribution in [0.15, 0.2) is 72.8 Å². The molecule has 54 heavy (non-hydrogen) atoms. The van der Waals surface area contributed by atoms with Gasteiger partial charge in [0.2, 0.25) is 29.5 Å². The van der Waals surface area contributed by atoms with Gasteiger partial charge in [0.05, 0.1) is 6.61 Å². The number of phosphoric ester groups is 1. The Labute approximate surface area is 312 Å². The molecule has 0 unspecified atom stereocenters. The van der Waals surface area contributed by atoms with Crippen LogP contribution in [0.25, 0.3) is 10.8 Å². The van der Waals surface area contributed by atoms with Crippen molar-refractivity contribution in [2.45, 2.75) is 76.7 Å². The highest BCUT2D eigenvalue weighted by atomic mass is 31.2. The zero-order valence-electron chi connectivity index (χ0n) is 30.1. The van der Waals surface area contributed by atoms with Gasteiger partial charge < -0.3 is 41.1 Å². The molecule has 290 valence electrons. The Morgan fingerprint density at radius 3 is 2.06 bits per heavy atom. The van der Waals surface area contributed by atoms with Crippen LogP contribution in [-0.4, -0.2) is 98.7 Å². The van der Waals surface area contributed by atoms with Crippen molar-refractivity contribution in [3.8, 4) is 0 Å². The number of hydrogen-bond donors (Lipinski definition) is 7. The second kappa shape index (κ2) is 18.7. The lowest BCUT2D eigenvalue weighted by atomic mass is 10.0. The standard InChI is InChI=1S/C37H46N5O11P/c1-22(2)32(35(46)39-29(37(48)49)19-24-10-5-4-6-11-24)41-34(45)31-14-9-17-42(31)36(47)30(21-53-54(50,51)52)40-33(44)28(38-23(3)43)20-25-15-16-26-12-7-8-13-27(26)18-25/h4-8,10-13,15-16,18,22,28-32H,9,14,17,19-21H2,1-3H3,(H,38,43)(H,39,46)(H,40,44)(H,41,45)(H,48,49)(H2,50,51,52)/t28-,29-,30-,31-,32-/m0/s1. The third-order valence-corrected chi connectivity index (χ3v) is 9.44. The lowest BCUT2D eigenvalue weighted by Crippen LogP contribution is -2.60. The Kier molecular flexibility index (Phi) is 14.4. The van der Waals surface area contributed by atoms with Crippen LogP contribution in [0.1, 0.15) is 44.7 Å². The van der Waals surface area contributed by atoms with Crippen LogP contribution in [0.3, 0.4) is 0 Å². The van der Waals surface area contributed by atoms with Gasteiger partial charge in [0, 0.05) is 26.3 Å². The highest BCUT2D eigenvalue weighted by Crippen LogP contribution is 2.36. The summed E-state index contributed by atoms with van der Waals surface area (Å²) in [7, 11) is -5.13. The summed E-state index contributed by atoms with van der Waals surface area (Å²) in [5, 5.41) is 21.8. The van der Waals surface area contributed by atoms with E-state index in [-0.39, 0.29) is 25.8 Å². The van der Waals surface area contributed by atoms with Gasteiger partial charge in [0.15, 0.2) is 0 Å². The van der Waals surface area contributed by atoms with E-state index in [1.54, 1.807) is 50.2 Å². The maximum atomic E-state index is 14.0. The monoisotopic (exact) mass is 767 g/mol. The molecule has 5 amide bonds. The first-order valence-electron chi connectivity index (χ1n) is 17.5. The fourth-order valence-corrected chi connectivity index (χ4v) is 6.62. The van der Waals surface area contributed by atoms with Crippen molar-refractivity contribution in [1.82, 2.24) is 26.2 Å². The Hall–Kier alpha value is -5.15. The maximum absolute atomic E-state index is 14.0. The van der Waals surface area contributed by atoms with E-state index in [4.69, 9.17) is 0 Å². The summed E-state index contributed by atoms with van der Waals surface area (Å²) in [6.07, 6.45) is 0.516. The molecule has 1 fully saturated rings. The van der Waals surface area contributed by atoms with Crippen LogP contribution in [0.4, 0.5) is 0 Å². The number of nitrogens with one attached hydrogen (secondary N) is 4. The predicted octanol–water partition coefficient (Wildman–Crippen LogP) is 1.43. The number of amides is 5. The van der Waals surface area contributed by atoms with Crippen molar-refractivity contribution in [1.29, 1.82) is 0 Å². The number of fused-ring (bicyclic) bond motifs is 1. The van der Waals surface area contributed by atoms with Gasteiger partial charge >= 0.3 is 13.8 Å². The number of benzene rings is 3. The van der Waals surface area contributed by atoms with Crippen LogP contribution < -0.4 is 21.3 Å². The summed E-state index contributed by atoms with van der Waals surface area (Å²) < 4.78 is 16.3. The van der Waals surface area contributed by atoms with Crippen LogP contribution in [-0.2, 0) is 50.7 Å². The molecule has 0 aliphatic carbocycles. The van der Waals surface area contributed by atoms with E-state index in [0.717, 1.165) is 15.7 Å². The summed E-state index contributed by atoms with van der Waals surface area (Å²) in [5.74, 6) is -5.50. The number of carboxylic acids is 1. The van der Waals surface area contributed by atoms with Crippen molar-refractivity contribution in [2.75, 3.05) is 13.2 Å². The highest BCUT2D eigenvalue weighted by Gasteiger charge is 2.41. The highest BCUT2D eigenvalue weighted by molar-refractivity contribution is 7.46. The largest absolute Gasteiger partial charge is 0.480 e. The molecule has 16 nitrogen and oxygen atoms in total. The lowest BCUT2D eigenvalue weighted by Gasteiger charge is -2.31. The van der Waals surface area contributed by atoms with Gasteiger partial charge in [0.25, 0.3) is 0 Å². The van der Waals surface area contributed by atoms with E-state index >= 15 is 0 Å². The quantitative estimate of drug-likeness (QED) is 0.0970. The molecule has 0 spiro atoms. The molecule has 1 heterocycles. The summed E-state index contributed by atoms with van der Waals surface area (Å²) in [6, 6.07) is 15.2. The van der Waals surface area contributed by atoms with E-state index in [1.165, 1.54) is 6.92 Å². The van der Waals surface area contributed by atoms with E-state index in [9.17, 15) is 48.2 Å². The van der Waals surface area contributed by atoms with Crippen LogP contribution >= 0.6 is 7.82 Å². The average molecular weight is 768 g/mol. The van der Waals surface area contributed by atoms with Crippen molar-refractivity contribution in [3.63, 3.8) is 0 Å². The van der Waals surface area contributed by atoms with E-state index in [0.29, 0.717) is 17.5 Å². The number of phosphoric acid groups is 1. The molecule has 1 saturated heterocycles. The number of carboxylic acid groups (broad SMARTS) is 1. The van der Waals surface area contributed by atoms with Crippen LogP contribution in [0, 0.1) is 5.92 Å². The SMILES string of the molecule is CC(=O)N[C@@H](Cc1ccc2ccccc2c1)C(=O)N[C@@H](COP(=O)(O)O)C(=O)N1CCC[C@H]1C(=O)N[C@H](C(=O)N[C@@H](Cc1ccccc1)C(=O)O)C(C)C. The van der Waals surface area contributed by atoms with Gasteiger partial charge in [-0.25, -0.2) is 9.36 Å². The van der Waals surface area contributed by atoms with Gasteiger partial charge in [-0.15, -0.1) is 0 Å². The molecular weight excluding hydrogens is 721 g/mol. The first kappa shape index (κ1) is 41.6. The Bertz CT molecular complexity index is 1890. The summed E-state index contributed by atoms with van der Waals surface area (Å²) >= 11 is 0. The van der Waals surface area contributed by atoms with Crippen molar-refractivity contribution < 1.29 is 52.7 Å². The molecule has 4 rings (SSSR count). The van der Waals surface area contributed by atoms with Crippen LogP contribution in [0.5, 0.6) is 0 Å². The molecule has 0 bridgehead atoms. The summed E-state index contributed by atoms with van der Waals surface area (Å²) in [5.41, 5.74) is 1.36. The summed E-state index contributed by atoms with van der Waals surface area (Å²) in [4.78, 5) is 98.8. The normalized spacial score (nSPS) is 16.6. The number of rotatable bonds is 17. The fourth-order valence-electron chi connectivity index (χ4n) is 6.27. The molecule has 17 heteroatoms. The second-order valence-corrected chi connectivity index (χ2v) is 14.7. The third kappa shape index (κ3) is 11.9. The van der Waals surface area contributed by atoms with Gasteiger partial charge in [-0.2, -0.15) is 0 Å². The molecular formula is C37H46N5O11P. The molecule has 5 atom stereocenters. The molecule has 3 aromatic carbocycles. The first-order chi connectivity index (χ1) is 25.5. The Morgan fingerprint density at radius 2 is 1.43 bits per heavy atom. The molecule has 1 aliphatic rings. The van der Waals surface area contributed by atoms with Crippen LogP contribution in [0.2, 0.25) is 0 Å². The fraction of sp³-hybridized carbons (Fsp3) is 0.405. The zero-order valence-corrected chi connectivity index (χ0v) is 31.0. The molecule has 0 aromatic heterocycles.